The van der Waals surface area contributed by atoms with Gasteiger partial charge in [-0.2, -0.15) is 0 Å². The van der Waals surface area contributed by atoms with Crippen LogP contribution in [0.4, 0.5) is 0 Å². The summed E-state index contributed by atoms with van der Waals surface area (Å²) in [6.45, 7) is 7.66. The van der Waals surface area contributed by atoms with Crippen molar-refractivity contribution in [1.82, 2.24) is 0 Å². The molecule has 0 saturated carbocycles. The topological polar surface area (TPSA) is 55.5 Å². The van der Waals surface area contributed by atoms with Crippen LogP contribution in [0.1, 0.15) is 50.8 Å². The predicted molar refractivity (Wildman–Crippen MR) is 70.3 cm³/mol. The minimum atomic E-state index is -0.966. The highest BCUT2D eigenvalue weighted by Gasteiger charge is 2.27. The molecule has 1 aromatic carbocycles. The number of aliphatic hydroxyl groups is 1. The van der Waals surface area contributed by atoms with E-state index in [4.69, 9.17) is 10.5 Å². The van der Waals surface area contributed by atoms with E-state index in [2.05, 4.69) is 13.8 Å². The summed E-state index contributed by atoms with van der Waals surface area (Å²) in [6.07, 6.45) is 0. The van der Waals surface area contributed by atoms with Crippen molar-refractivity contribution in [2.45, 2.75) is 45.3 Å². The third-order valence-corrected chi connectivity index (χ3v) is 3.02. The fraction of sp³-hybridized carbons (Fsp3) is 0.571. The Kier molecular flexibility index (Phi) is 4.17. The second-order valence-corrected chi connectivity index (χ2v) is 5.29. The number of hydrogen-bond donors (Lipinski definition) is 2. The Bertz CT molecular complexity index is 380. The summed E-state index contributed by atoms with van der Waals surface area (Å²) in [5.74, 6) is 1.18. The van der Waals surface area contributed by atoms with Crippen molar-refractivity contribution in [1.29, 1.82) is 0 Å². The van der Waals surface area contributed by atoms with Gasteiger partial charge in [0.2, 0.25) is 0 Å². The van der Waals surface area contributed by atoms with E-state index >= 15 is 0 Å². The number of nitrogens with two attached hydrogens (primary N) is 1. The SMILES string of the molecule is COc1cc(C(C)C)ccc1C(N)C(C)(C)O. The molecule has 1 unspecified atom stereocenters. The van der Waals surface area contributed by atoms with Gasteiger partial charge in [0.15, 0.2) is 0 Å². The second-order valence-electron chi connectivity index (χ2n) is 5.29. The molecule has 3 N–H and O–H groups in total. The summed E-state index contributed by atoms with van der Waals surface area (Å²) in [4.78, 5) is 0. The molecule has 0 heterocycles. The number of benzene rings is 1. The van der Waals surface area contributed by atoms with E-state index in [-0.39, 0.29) is 0 Å². The quantitative estimate of drug-likeness (QED) is 0.846. The molecule has 0 bridgehead atoms. The van der Waals surface area contributed by atoms with Gasteiger partial charge < -0.3 is 15.6 Å². The smallest absolute Gasteiger partial charge is 0.124 e. The molecule has 0 aliphatic heterocycles. The first kappa shape index (κ1) is 14.0. The lowest BCUT2D eigenvalue weighted by Crippen LogP contribution is -2.35. The van der Waals surface area contributed by atoms with Gasteiger partial charge in [0.1, 0.15) is 5.75 Å². The van der Waals surface area contributed by atoms with E-state index in [1.54, 1.807) is 21.0 Å². The zero-order chi connectivity index (χ0) is 13.2. The monoisotopic (exact) mass is 237 g/mol. The second kappa shape index (κ2) is 5.07. The molecule has 17 heavy (non-hydrogen) atoms. The average Bonchev–Trinajstić information content (AvgIpc) is 2.25. The van der Waals surface area contributed by atoms with Crippen LogP contribution in [0.3, 0.4) is 0 Å². The summed E-state index contributed by atoms with van der Waals surface area (Å²) in [5.41, 5.74) is 7.12. The number of methoxy groups -OCH3 is 1. The summed E-state index contributed by atoms with van der Waals surface area (Å²) in [6, 6.07) is 5.51. The van der Waals surface area contributed by atoms with Crippen molar-refractivity contribution in [2.75, 3.05) is 7.11 Å². The van der Waals surface area contributed by atoms with Crippen LogP contribution in [-0.4, -0.2) is 17.8 Å². The van der Waals surface area contributed by atoms with Crippen LogP contribution in [0.5, 0.6) is 5.75 Å². The minimum Gasteiger partial charge on any atom is -0.496 e. The molecule has 0 aliphatic rings. The van der Waals surface area contributed by atoms with E-state index in [0.29, 0.717) is 5.92 Å². The molecule has 0 aliphatic carbocycles. The molecule has 0 aromatic heterocycles. The summed E-state index contributed by atoms with van der Waals surface area (Å²) < 4.78 is 5.36. The van der Waals surface area contributed by atoms with E-state index in [1.807, 2.05) is 18.2 Å². The Morgan fingerprint density at radius 1 is 1.29 bits per heavy atom. The fourth-order valence-corrected chi connectivity index (χ4v) is 1.72. The summed E-state index contributed by atoms with van der Waals surface area (Å²) in [5, 5.41) is 9.96. The van der Waals surface area contributed by atoms with Crippen LogP contribution in [0.15, 0.2) is 18.2 Å². The lowest BCUT2D eigenvalue weighted by molar-refractivity contribution is 0.0508. The van der Waals surface area contributed by atoms with Crippen LogP contribution in [-0.2, 0) is 0 Å². The third kappa shape index (κ3) is 3.20. The Morgan fingerprint density at radius 2 is 1.88 bits per heavy atom. The maximum absolute atomic E-state index is 9.96. The standard InChI is InChI=1S/C14H23NO2/c1-9(2)10-6-7-11(12(8-10)17-5)13(15)14(3,4)16/h6-9,13,16H,15H2,1-5H3. The zero-order valence-corrected chi connectivity index (χ0v) is 11.3. The highest BCUT2D eigenvalue weighted by molar-refractivity contribution is 5.41. The van der Waals surface area contributed by atoms with Gasteiger partial charge in [-0.05, 0) is 31.4 Å². The van der Waals surface area contributed by atoms with Crippen molar-refractivity contribution in [3.63, 3.8) is 0 Å². The van der Waals surface area contributed by atoms with Gasteiger partial charge in [-0.15, -0.1) is 0 Å². The molecule has 1 atom stereocenters. The van der Waals surface area contributed by atoms with Crippen molar-refractivity contribution in [2.24, 2.45) is 5.73 Å². The first-order valence-corrected chi connectivity index (χ1v) is 5.93. The van der Waals surface area contributed by atoms with Crippen molar-refractivity contribution < 1.29 is 9.84 Å². The van der Waals surface area contributed by atoms with E-state index in [1.165, 1.54) is 5.56 Å². The largest absolute Gasteiger partial charge is 0.496 e. The van der Waals surface area contributed by atoms with Gasteiger partial charge in [-0.3, -0.25) is 0 Å². The Morgan fingerprint density at radius 3 is 2.29 bits per heavy atom. The molecule has 1 aromatic rings. The molecule has 0 radical (unpaired) electrons. The molecule has 96 valence electrons. The molecule has 0 saturated heterocycles. The van der Waals surface area contributed by atoms with Gasteiger partial charge in [0.05, 0.1) is 18.8 Å². The molecular formula is C14H23NO2. The van der Waals surface area contributed by atoms with Crippen LogP contribution in [0.2, 0.25) is 0 Å². The molecule has 0 spiro atoms. The molecule has 0 fully saturated rings. The van der Waals surface area contributed by atoms with Gasteiger partial charge in [-0.1, -0.05) is 26.0 Å². The van der Waals surface area contributed by atoms with Gasteiger partial charge in [0.25, 0.3) is 0 Å². The number of ether oxygens (including phenoxy) is 1. The summed E-state index contributed by atoms with van der Waals surface area (Å²) in [7, 11) is 1.63. The van der Waals surface area contributed by atoms with Crippen LogP contribution in [0.25, 0.3) is 0 Å². The van der Waals surface area contributed by atoms with E-state index in [9.17, 15) is 5.11 Å². The van der Waals surface area contributed by atoms with Gasteiger partial charge in [0, 0.05) is 5.56 Å². The van der Waals surface area contributed by atoms with Gasteiger partial charge in [-0.25, -0.2) is 0 Å². The Balaban J connectivity index is 3.17. The van der Waals surface area contributed by atoms with Crippen LogP contribution < -0.4 is 10.5 Å². The van der Waals surface area contributed by atoms with E-state index in [0.717, 1.165) is 11.3 Å². The molecule has 3 nitrogen and oxygen atoms in total. The molecule has 3 heteroatoms. The number of hydrogen-bond acceptors (Lipinski definition) is 3. The van der Waals surface area contributed by atoms with Crippen molar-refractivity contribution in [3.05, 3.63) is 29.3 Å². The van der Waals surface area contributed by atoms with E-state index < -0.39 is 11.6 Å². The van der Waals surface area contributed by atoms with Crippen LogP contribution in [0, 0.1) is 0 Å². The highest BCUT2D eigenvalue weighted by atomic mass is 16.5. The molecule has 0 amide bonds. The maximum Gasteiger partial charge on any atom is 0.124 e. The first-order chi connectivity index (χ1) is 7.77. The molecule has 1 rings (SSSR count). The van der Waals surface area contributed by atoms with Gasteiger partial charge >= 0.3 is 0 Å². The normalized spacial score (nSPS) is 13.9. The van der Waals surface area contributed by atoms with Crippen LogP contribution >= 0.6 is 0 Å². The minimum absolute atomic E-state index is 0.441. The highest BCUT2D eigenvalue weighted by Crippen LogP contribution is 2.32. The Labute approximate surface area is 104 Å². The maximum atomic E-state index is 9.96. The lowest BCUT2D eigenvalue weighted by atomic mass is 9.90. The first-order valence-electron chi connectivity index (χ1n) is 5.93. The fourth-order valence-electron chi connectivity index (χ4n) is 1.72. The predicted octanol–water partition coefficient (Wildman–Crippen LogP) is 2.59. The average molecular weight is 237 g/mol. The van der Waals surface area contributed by atoms with Crippen molar-refractivity contribution >= 4 is 0 Å². The lowest BCUT2D eigenvalue weighted by Gasteiger charge is -2.27. The summed E-state index contributed by atoms with van der Waals surface area (Å²) >= 11 is 0. The Hall–Kier alpha value is -1.06. The van der Waals surface area contributed by atoms with Crippen molar-refractivity contribution in [3.8, 4) is 5.75 Å². The number of rotatable bonds is 4. The third-order valence-electron chi connectivity index (χ3n) is 3.02. The molecular weight excluding hydrogens is 214 g/mol. The zero-order valence-electron chi connectivity index (χ0n) is 11.3.